The first-order chi connectivity index (χ1) is 15.8. The average Bonchev–Trinajstić information content (AvgIpc) is 2.80. The van der Waals surface area contributed by atoms with Crippen LogP contribution in [0.1, 0.15) is 21.5 Å². The van der Waals surface area contributed by atoms with Crippen molar-refractivity contribution in [1.82, 2.24) is 14.8 Å². The largest absolute Gasteiger partial charge is 0.493 e. The maximum Gasteiger partial charge on any atom is 0.258 e. The van der Waals surface area contributed by atoms with Crippen molar-refractivity contribution in [2.75, 3.05) is 60.4 Å². The lowest BCUT2D eigenvalue weighted by Gasteiger charge is -2.27. The number of hydrogen-bond acceptors (Lipinski definition) is 6. The van der Waals surface area contributed by atoms with E-state index in [2.05, 4.69) is 30.0 Å². The monoisotopic (exact) mass is 450 g/mol. The van der Waals surface area contributed by atoms with Crippen LogP contribution in [0.15, 0.2) is 42.5 Å². The molecule has 0 atom stereocenters. The summed E-state index contributed by atoms with van der Waals surface area (Å²) in [4.78, 5) is 24.6. The lowest BCUT2D eigenvalue weighted by molar-refractivity contribution is 0.0728. The van der Waals surface area contributed by atoms with Crippen molar-refractivity contribution >= 4 is 22.6 Å². The number of para-hydroxylation sites is 2. The molecule has 7 nitrogen and oxygen atoms in total. The van der Waals surface area contributed by atoms with Gasteiger partial charge in [-0.1, -0.05) is 24.3 Å². The summed E-state index contributed by atoms with van der Waals surface area (Å²) < 4.78 is 11.0. The van der Waals surface area contributed by atoms with Crippen LogP contribution in [0.4, 0.5) is 5.82 Å². The molecule has 3 aromatic rings. The maximum absolute atomic E-state index is 13.7. The molecular weight excluding hydrogens is 416 g/mol. The Labute approximate surface area is 196 Å². The predicted octanol–water partition coefficient (Wildman–Crippen LogP) is 3.83. The molecule has 0 aliphatic rings. The van der Waals surface area contributed by atoms with Gasteiger partial charge in [0.1, 0.15) is 5.82 Å². The Kier molecular flexibility index (Phi) is 7.76. The number of aryl methyl sites for hydroxylation is 1. The second-order valence-electron chi connectivity index (χ2n) is 8.58. The molecule has 176 valence electrons. The van der Waals surface area contributed by atoms with Gasteiger partial charge in [0.15, 0.2) is 11.5 Å². The van der Waals surface area contributed by atoms with E-state index in [9.17, 15) is 4.79 Å². The molecule has 0 saturated heterocycles. The Morgan fingerprint density at radius 3 is 2.33 bits per heavy atom. The first-order valence-electron chi connectivity index (χ1n) is 11.0. The van der Waals surface area contributed by atoms with Crippen molar-refractivity contribution in [1.29, 1.82) is 0 Å². The third-order valence-corrected chi connectivity index (χ3v) is 5.63. The third kappa shape index (κ3) is 5.37. The van der Waals surface area contributed by atoms with Gasteiger partial charge in [-0.2, -0.15) is 0 Å². The van der Waals surface area contributed by atoms with Crippen LogP contribution in [0.3, 0.4) is 0 Å². The molecule has 0 saturated carbocycles. The van der Waals surface area contributed by atoms with Gasteiger partial charge < -0.3 is 24.2 Å². The number of ether oxygens (including phenoxy) is 2. The van der Waals surface area contributed by atoms with Crippen LogP contribution in [0, 0.1) is 6.92 Å². The molecule has 0 spiro atoms. The maximum atomic E-state index is 13.7. The smallest absolute Gasteiger partial charge is 0.258 e. The van der Waals surface area contributed by atoms with Crippen LogP contribution >= 0.6 is 0 Å². The van der Waals surface area contributed by atoms with Crippen molar-refractivity contribution in [3.05, 3.63) is 59.2 Å². The van der Waals surface area contributed by atoms with Gasteiger partial charge in [-0.3, -0.25) is 4.79 Å². The van der Waals surface area contributed by atoms with Crippen LogP contribution in [-0.2, 0) is 6.54 Å². The number of fused-ring (bicyclic) bond motifs is 1. The number of aromatic nitrogens is 1. The molecule has 1 amide bonds. The van der Waals surface area contributed by atoms with Crippen molar-refractivity contribution in [3.8, 4) is 11.5 Å². The SMILES string of the molecule is COc1cccc(C(=O)N(CCN(C)C)Cc2cc3cccc(C)c3nc2N(C)C)c1OC. The highest BCUT2D eigenvalue weighted by Gasteiger charge is 2.24. The second kappa shape index (κ2) is 10.5. The lowest BCUT2D eigenvalue weighted by Crippen LogP contribution is -2.37. The van der Waals surface area contributed by atoms with E-state index in [1.54, 1.807) is 26.4 Å². The van der Waals surface area contributed by atoms with E-state index < -0.39 is 0 Å². The summed E-state index contributed by atoms with van der Waals surface area (Å²) in [5.41, 5.74) is 3.58. The summed E-state index contributed by atoms with van der Waals surface area (Å²) in [7, 11) is 11.1. The van der Waals surface area contributed by atoms with E-state index in [4.69, 9.17) is 14.5 Å². The number of nitrogens with zero attached hydrogens (tertiary/aromatic N) is 4. The minimum Gasteiger partial charge on any atom is -0.493 e. The molecule has 0 bridgehead atoms. The number of anilines is 1. The number of methoxy groups -OCH3 is 2. The minimum atomic E-state index is -0.110. The van der Waals surface area contributed by atoms with Crippen LogP contribution in [0.2, 0.25) is 0 Å². The summed E-state index contributed by atoms with van der Waals surface area (Å²) in [5, 5.41) is 1.06. The molecule has 0 aliphatic heterocycles. The Balaban J connectivity index is 2.06. The van der Waals surface area contributed by atoms with E-state index in [1.165, 1.54) is 0 Å². The van der Waals surface area contributed by atoms with Crippen molar-refractivity contribution < 1.29 is 14.3 Å². The molecule has 33 heavy (non-hydrogen) atoms. The number of carbonyl (C=O) groups is 1. The number of carbonyl (C=O) groups excluding carboxylic acids is 1. The number of hydrogen-bond donors (Lipinski definition) is 0. The van der Waals surface area contributed by atoms with E-state index in [-0.39, 0.29) is 5.91 Å². The van der Waals surface area contributed by atoms with Crippen LogP contribution in [0.5, 0.6) is 11.5 Å². The highest BCUT2D eigenvalue weighted by molar-refractivity contribution is 5.98. The number of likely N-dealkylation sites (N-methyl/N-ethyl adjacent to an activating group) is 1. The molecule has 0 unspecified atom stereocenters. The van der Waals surface area contributed by atoms with Gasteiger partial charge in [0.25, 0.3) is 5.91 Å². The van der Waals surface area contributed by atoms with Gasteiger partial charge in [0, 0.05) is 44.7 Å². The molecule has 1 aromatic heterocycles. The molecule has 0 radical (unpaired) electrons. The van der Waals surface area contributed by atoms with Gasteiger partial charge in [-0.05, 0) is 44.8 Å². The molecule has 0 N–H and O–H groups in total. The van der Waals surface area contributed by atoms with E-state index >= 15 is 0 Å². The zero-order valence-corrected chi connectivity index (χ0v) is 20.7. The van der Waals surface area contributed by atoms with Gasteiger partial charge in [-0.15, -0.1) is 0 Å². The zero-order chi connectivity index (χ0) is 24.1. The normalized spacial score (nSPS) is 11.0. The fourth-order valence-corrected chi connectivity index (χ4v) is 3.89. The minimum absolute atomic E-state index is 0.110. The van der Waals surface area contributed by atoms with Crippen LogP contribution < -0.4 is 14.4 Å². The molecule has 0 aliphatic carbocycles. The Morgan fingerprint density at radius 1 is 0.970 bits per heavy atom. The second-order valence-corrected chi connectivity index (χ2v) is 8.58. The Morgan fingerprint density at radius 2 is 1.70 bits per heavy atom. The van der Waals surface area contributed by atoms with Crippen molar-refractivity contribution in [2.24, 2.45) is 0 Å². The molecule has 1 heterocycles. The number of pyridine rings is 1. The molecule has 7 heteroatoms. The Bertz CT molecular complexity index is 1130. The highest BCUT2D eigenvalue weighted by Crippen LogP contribution is 2.32. The first kappa shape index (κ1) is 24.3. The molecule has 0 fully saturated rings. The number of benzene rings is 2. The van der Waals surface area contributed by atoms with Gasteiger partial charge in [0.2, 0.25) is 0 Å². The summed E-state index contributed by atoms with van der Waals surface area (Å²) in [6, 6.07) is 13.7. The van der Waals surface area contributed by atoms with E-state index in [0.29, 0.717) is 30.2 Å². The predicted molar refractivity (Wildman–Crippen MR) is 134 cm³/mol. The molecule has 2 aromatic carbocycles. The molecule has 3 rings (SSSR count). The van der Waals surface area contributed by atoms with E-state index in [1.807, 2.05) is 50.1 Å². The fraction of sp³-hybridized carbons (Fsp3) is 0.385. The average molecular weight is 451 g/mol. The fourth-order valence-electron chi connectivity index (χ4n) is 3.89. The quantitative estimate of drug-likeness (QED) is 0.494. The lowest BCUT2D eigenvalue weighted by atomic mass is 10.1. The number of rotatable bonds is 9. The summed E-state index contributed by atoms with van der Waals surface area (Å²) in [6.07, 6.45) is 0. The third-order valence-electron chi connectivity index (χ3n) is 5.63. The van der Waals surface area contributed by atoms with Crippen LogP contribution in [0.25, 0.3) is 10.9 Å². The summed E-state index contributed by atoms with van der Waals surface area (Å²) >= 11 is 0. The van der Waals surface area contributed by atoms with Gasteiger partial charge in [0.05, 0.1) is 25.3 Å². The van der Waals surface area contributed by atoms with E-state index in [0.717, 1.165) is 34.4 Å². The first-order valence-corrected chi connectivity index (χ1v) is 11.0. The summed E-state index contributed by atoms with van der Waals surface area (Å²) in [6.45, 7) is 3.79. The number of amides is 1. The van der Waals surface area contributed by atoms with Crippen molar-refractivity contribution in [3.63, 3.8) is 0 Å². The highest BCUT2D eigenvalue weighted by atomic mass is 16.5. The molecular formula is C26H34N4O3. The van der Waals surface area contributed by atoms with Crippen molar-refractivity contribution in [2.45, 2.75) is 13.5 Å². The zero-order valence-electron chi connectivity index (χ0n) is 20.7. The van der Waals surface area contributed by atoms with Crippen LogP contribution in [-0.4, -0.2) is 76.2 Å². The Hall–Kier alpha value is -3.32. The van der Waals surface area contributed by atoms with Gasteiger partial charge >= 0.3 is 0 Å². The van der Waals surface area contributed by atoms with Gasteiger partial charge in [-0.25, -0.2) is 4.98 Å². The summed E-state index contributed by atoms with van der Waals surface area (Å²) in [5.74, 6) is 1.73. The standard InChI is InChI=1S/C26H34N4O3/c1-18-10-8-11-19-16-20(25(29(4)5)27-23(18)19)17-30(15-14-28(2)3)26(31)21-12-9-13-22(32-6)24(21)33-7/h8-13,16H,14-15,17H2,1-7H3. The topological polar surface area (TPSA) is 58.1 Å².